The summed E-state index contributed by atoms with van der Waals surface area (Å²) >= 11 is 1.43. The predicted octanol–water partition coefficient (Wildman–Crippen LogP) is 5.66. The number of aryl methyl sites for hydroxylation is 1. The fourth-order valence-corrected chi connectivity index (χ4v) is 3.24. The van der Waals surface area contributed by atoms with Gasteiger partial charge < -0.3 is 0 Å². The summed E-state index contributed by atoms with van der Waals surface area (Å²) in [5.74, 6) is 0.186. The van der Waals surface area contributed by atoms with Crippen molar-refractivity contribution in [3.63, 3.8) is 0 Å². The summed E-state index contributed by atoms with van der Waals surface area (Å²) in [5.41, 5.74) is 3.18. The molecule has 0 atom stereocenters. The van der Waals surface area contributed by atoms with E-state index in [0.29, 0.717) is 21.8 Å². The molecule has 0 unspecified atom stereocenters. The van der Waals surface area contributed by atoms with Gasteiger partial charge in [-0.2, -0.15) is 0 Å². The van der Waals surface area contributed by atoms with Crippen molar-refractivity contribution in [2.75, 3.05) is 0 Å². The quantitative estimate of drug-likeness (QED) is 0.442. The van der Waals surface area contributed by atoms with Gasteiger partial charge in [0.2, 0.25) is 0 Å². The number of hydrogen-bond donors (Lipinski definition) is 0. The van der Waals surface area contributed by atoms with Crippen LogP contribution in [0.3, 0.4) is 0 Å². The molecule has 0 heterocycles. The average molecular weight is 336 g/mol. The molecular weight excluding hydrogens is 319 g/mol. The molecule has 3 aromatic rings. The Morgan fingerprint density at radius 1 is 0.917 bits per heavy atom. The van der Waals surface area contributed by atoms with Gasteiger partial charge in [0.25, 0.3) is 0 Å². The molecule has 120 valence electrons. The molecule has 0 saturated carbocycles. The Labute approximate surface area is 145 Å². The van der Waals surface area contributed by atoms with E-state index in [1.165, 1.54) is 17.8 Å². The molecule has 24 heavy (non-hydrogen) atoms. The number of halogens is 1. The monoisotopic (exact) mass is 336 g/mol. The van der Waals surface area contributed by atoms with Crippen LogP contribution in [-0.4, -0.2) is 5.78 Å². The van der Waals surface area contributed by atoms with Crippen LogP contribution in [0, 0.1) is 12.7 Å². The Morgan fingerprint density at radius 2 is 1.58 bits per heavy atom. The van der Waals surface area contributed by atoms with E-state index in [1.807, 2.05) is 49.4 Å². The first-order valence-electron chi connectivity index (χ1n) is 7.71. The summed E-state index contributed by atoms with van der Waals surface area (Å²) in [6, 6.07) is 21.9. The molecule has 0 amide bonds. The Bertz CT molecular complexity index is 841. The third-order valence-electron chi connectivity index (χ3n) is 3.74. The maximum Gasteiger partial charge on any atom is 0.193 e. The Morgan fingerprint density at radius 3 is 2.25 bits per heavy atom. The van der Waals surface area contributed by atoms with Gasteiger partial charge in [0.05, 0.1) is 0 Å². The molecule has 0 radical (unpaired) electrons. The normalized spacial score (nSPS) is 10.6. The van der Waals surface area contributed by atoms with Gasteiger partial charge in [-0.3, -0.25) is 4.79 Å². The summed E-state index contributed by atoms with van der Waals surface area (Å²) in [6.45, 7) is 1.96. The first-order valence-corrected chi connectivity index (χ1v) is 8.70. The maximum absolute atomic E-state index is 14.3. The van der Waals surface area contributed by atoms with Crippen molar-refractivity contribution in [1.82, 2.24) is 0 Å². The van der Waals surface area contributed by atoms with Crippen molar-refractivity contribution >= 4 is 17.5 Å². The fourth-order valence-electron chi connectivity index (χ4n) is 2.37. The molecule has 0 spiro atoms. The zero-order valence-electron chi connectivity index (χ0n) is 13.3. The van der Waals surface area contributed by atoms with E-state index in [2.05, 4.69) is 0 Å². The van der Waals surface area contributed by atoms with Crippen LogP contribution in [0.4, 0.5) is 4.39 Å². The van der Waals surface area contributed by atoms with E-state index >= 15 is 0 Å². The van der Waals surface area contributed by atoms with Crippen molar-refractivity contribution in [2.45, 2.75) is 17.6 Å². The number of hydrogen-bond acceptors (Lipinski definition) is 2. The molecule has 0 saturated heterocycles. The molecule has 1 nitrogen and oxygen atoms in total. The highest BCUT2D eigenvalue weighted by atomic mass is 32.2. The molecule has 3 rings (SSSR count). The Hall–Kier alpha value is -2.39. The second-order valence-electron chi connectivity index (χ2n) is 5.61. The second-order valence-corrected chi connectivity index (χ2v) is 6.63. The summed E-state index contributed by atoms with van der Waals surface area (Å²) in [4.78, 5) is 13.0. The van der Waals surface area contributed by atoms with Crippen molar-refractivity contribution in [3.05, 3.63) is 101 Å². The van der Waals surface area contributed by atoms with Gasteiger partial charge in [-0.15, -0.1) is 11.8 Å². The smallest absolute Gasteiger partial charge is 0.193 e. The van der Waals surface area contributed by atoms with Crippen molar-refractivity contribution in [3.8, 4) is 0 Å². The van der Waals surface area contributed by atoms with Gasteiger partial charge in [-0.1, -0.05) is 60.2 Å². The molecule has 3 aromatic carbocycles. The van der Waals surface area contributed by atoms with Crippen LogP contribution in [0.25, 0.3) is 0 Å². The predicted molar refractivity (Wildman–Crippen MR) is 97.0 cm³/mol. The second kappa shape index (κ2) is 7.45. The van der Waals surface area contributed by atoms with Crippen molar-refractivity contribution in [1.29, 1.82) is 0 Å². The molecular formula is C21H17FOS. The molecule has 0 fully saturated rings. The minimum Gasteiger partial charge on any atom is -0.289 e. The number of carbonyl (C=O) groups excluding carboxylic acids is 1. The van der Waals surface area contributed by atoms with Crippen LogP contribution in [-0.2, 0) is 5.75 Å². The Kier molecular flexibility index (Phi) is 5.11. The number of benzene rings is 3. The summed E-state index contributed by atoms with van der Waals surface area (Å²) in [6.07, 6.45) is 0. The highest BCUT2D eigenvalue weighted by Gasteiger charge is 2.12. The molecule has 0 aromatic heterocycles. The van der Waals surface area contributed by atoms with Crippen LogP contribution < -0.4 is 0 Å². The zero-order valence-corrected chi connectivity index (χ0v) is 14.1. The van der Waals surface area contributed by atoms with E-state index in [-0.39, 0.29) is 11.6 Å². The van der Waals surface area contributed by atoms with Crippen LogP contribution >= 0.6 is 11.8 Å². The topological polar surface area (TPSA) is 17.1 Å². The van der Waals surface area contributed by atoms with Crippen molar-refractivity contribution < 1.29 is 9.18 Å². The van der Waals surface area contributed by atoms with Crippen LogP contribution in [0.15, 0.2) is 77.7 Å². The minimum absolute atomic E-state index is 0.159. The van der Waals surface area contributed by atoms with E-state index in [1.54, 1.807) is 24.3 Å². The fraction of sp³-hybridized carbons (Fsp3) is 0.0952. The largest absolute Gasteiger partial charge is 0.289 e. The molecule has 0 aliphatic rings. The van der Waals surface area contributed by atoms with Crippen LogP contribution in [0.2, 0.25) is 0 Å². The first kappa shape index (κ1) is 16.5. The van der Waals surface area contributed by atoms with E-state index in [0.717, 1.165) is 11.1 Å². The molecule has 0 aliphatic carbocycles. The Balaban J connectivity index is 1.74. The van der Waals surface area contributed by atoms with Gasteiger partial charge in [-0.25, -0.2) is 4.39 Å². The number of thioether (sulfide) groups is 1. The lowest BCUT2D eigenvalue weighted by molar-refractivity contribution is 0.103. The number of carbonyl (C=O) groups is 1. The summed E-state index contributed by atoms with van der Waals surface area (Å²) in [7, 11) is 0. The highest BCUT2D eigenvalue weighted by Crippen LogP contribution is 2.26. The molecule has 3 heteroatoms. The molecule has 0 aliphatic heterocycles. The highest BCUT2D eigenvalue weighted by molar-refractivity contribution is 7.98. The van der Waals surface area contributed by atoms with Gasteiger partial charge in [0, 0.05) is 21.8 Å². The lowest BCUT2D eigenvalue weighted by Crippen LogP contribution is -2.02. The SMILES string of the molecule is Cc1ccc(C(=O)c2ccc(SCc3ccccc3)c(F)c2)cc1. The number of ketones is 1. The lowest BCUT2D eigenvalue weighted by Gasteiger charge is -2.06. The number of rotatable bonds is 5. The zero-order chi connectivity index (χ0) is 16.9. The van der Waals surface area contributed by atoms with Gasteiger partial charge in [0.1, 0.15) is 5.82 Å². The van der Waals surface area contributed by atoms with Crippen LogP contribution in [0.1, 0.15) is 27.0 Å². The summed E-state index contributed by atoms with van der Waals surface area (Å²) in [5, 5.41) is 0. The minimum atomic E-state index is -0.353. The molecule has 0 bridgehead atoms. The van der Waals surface area contributed by atoms with Gasteiger partial charge in [0.15, 0.2) is 5.78 Å². The molecule has 0 N–H and O–H groups in total. The van der Waals surface area contributed by atoms with Gasteiger partial charge >= 0.3 is 0 Å². The van der Waals surface area contributed by atoms with E-state index in [9.17, 15) is 9.18 Å². The summed E-state index contributed by atoms with van der Waals surface area (Å²) < 4.78 is 14.3. The first-order chi connectivity index (χ1) is 11.6. The third-order valence-corrected chi connectivity index (χ3v) is 4.86. The maximum atomic E-state index is 14.3. The average Bonchev–Trinajstić information content (AvgIpc) is 2.61. The van der Waals surface area contributed by atoms with E-state index < -0.39 is 0 Å². The standard InChI is InChI=1S/C21H17FOS/c1-15-7-9-17(10-8-15)21(23)18-11-12-20(19(22)13-18)24-14-16-5-3-2-4-6-16/h2-13H,14H2,1H3. The van der Waals surface area contributed by atoms with Gasteiger partial charge in [-0.05, 0) is 30.7 Å². The lowest BCUT2D eigenvalue weighted by atomic mass is 10.0. The third kappa shape index (κ3) is 3.92. The van der Waals surface area contributed by atoms with Crippen LogP contribution in [0.5, 0.6) is 0 Å². The van der Waals surface area contributed by atoms with E-state index in [4.69, 9.17) is 0 Å². The van der Waals surface area contributed by atoms with Crippen molar-refractivity contribution in [2.24, 2.45) is 0 Å².